The summed E-state index contributed by atoms with van der Waals surface area (Å²) < 4.78 is 29.5. The van der Waals surface area contributed by atoms with Gasteiger partial charge in [0.15, 0.2) is 0 Å². The summed E-state index contributed by atoms with van der Waals surface area (Å²) in [6.07, 6.45) is 1.61. The first kappa shape index (κ1) is 20.1. The first-order valence-corrected chi connectivity index (χ1v) is 9.78. The number of nitrogens with one attached hydrogen (secondary N) is 2. The Balaban J connectivity index is 2.17. The van der Waals surface area contributed by atoms with E-state index in [9.17, 15) is 18.3 Å². The minimum atomic E-state index is -3.16. The number of aliphatic hydroxyl groups excluding tert-OH is 1. The zero-order valence-corrected chi connectivity index (χ0v) is 14.9. The van der Waals surface area contributed by atoms with Gasteiger partial charge in [-0.2, -0.15) is 0 Å². The second kappa shape index (κ2) is 9.41. The van der Waals surface area contributed by atoms with Crippen LogP contribution in [0.15, 0.2) is 0 Å². The van der Waals surface area contributed by atoms with Crippen LogP contribution in [0.4, 0.5) is 4.79 Å². The van der Waals surface area contributed by atoms with Gasteiger partial charge in [0.05, 0.1) is 19.0 Å². The highest BCUT2D eigenvalue weighted by Gasteiger charge is 2.25. The van der Waals surface area contributed by atoms with Crippen LogP contribution in [-0.4, -0.2) is 75.1 Å². The average molecular weight is 351 g/mol. The minimum absolute atomic E-state index is 0.0534. The highest BCUT2D eigenvalue weighted by molar-refractivity contribution is 7.88. The number of amides is 2. The van der Waals surface area contributed by atoms with E-state index in [1.54, 1.807) is 0 Å². The van der Waals surface area contributed by atoms with E-state index in [1.165, 1.54) is 10.6 Å². The number of hydrogen-bond acceptors (Lipinski definition) is 5. The van der Waals surface area contributed by atoms with Crippen molar-refractivity contribution in [3.8, 4) is 0 Å². The van der Waals surface area contributed by atoms with Crippen LogP contribution in [0.2, 0.25) is 0 Å². The molecule has 1 heterocycles. The number of sulfonamides is 1. The van der Waals surface area contributed by atoms with Crippen molar-refractivity contribution in [2.24, 2.45) is 5.92 Å². The molecule has 0 unspecified atom stereocenters. The van der Waals surface area contributed by atoms with Crippen molar-refractivity contribution in [3.63, 3.8) is 0 Å². The van der Waals surface area contributed by atoms with Crippen LogP contribution in [0.1, 0.15) is 26.7 Å². The molecule has 9 heteroatoms. The van der Waals surface area contributed by atoms with Gasteiger partial charge in [-0.15, -0.1) is 0 Å². The maximum atomic E-state index is 11.8. The highest BCUT2D eigenvalue weighted by Crippen LogP contribution is 2.12. The Morgan fingerprint density at radius 1 is 1.30 bits per heavy atom. The molecule has 2 amide bonds. The van der Waals surface area contributed by atoms with Gasteiger partial charge in [-0.1, -0.05) is 13.8 Å². The molecule has 0 aromatic rings. The lowest BCUT2D eigenvalue weighted by molar-refractivity contribution is 0.0272. The third-order valence-electron chi connectivity index (χ3n) is 3.52. The summed E-state index contributed by atoms with van der Waals surface area (Å²) in [5.41, 5.74) is 0. The Kier molecular flexibility index (Phi) is 8.24. The fourth-order valence-corrected chi connectivity index (χ4v) is 3.15. The lowest BCUT2D eigenvalue weighted by Crippen LogP contribution is -2.50. The molecule has 0 aromatic carbocycles. The first-order chi connectivity index (χ1) is 10.7. The van der Waals surface area contributed by atoms with Crippen molar-refractivity contribution >= 4 is 16.1 Å². The van der Waals surface area contributed by atoms with Crippen LogP contribution in [0.25, 0.3) is 0 Å². The van der Waals surface area contributed by atoms with Gasteiger partial charge in [0, 0.05) is 32.3 Å². The zero-order valence-electron chi connectivity index (χ0n) is 14.1. The van der Waals surface area contributed by atoms with Crippen LogP contribution in [-0.2, 0) is 14.8 Å². The lowest BCUT2D eigenvalue weighted by Gasteiger charge is -2.30. The highest BCUT2D eigenvalue weighted by atomic mass is 32.2. The van der Waals surface area contributed by atoms with Gasteiger partial charge in [-0.3, -0.25) is 0 Å². The number of rotatable bonds is 8. The molecule has 0 aromatic heterocycles. The van der Waals surface area contributed by atoms with Crippen LogP contribution in [0.3, 0.4) is 0 Å². The average Bonchev–Trinajstić information content (AvgIpc) is 2.44. The van der Waals surface area contributed by atoms with Gasteiger partial charge in [0.25, 0.3) is 0 Å². The Bertz CT molecular complexity index is 461. The Hall–Kier alpha value is -0.900. The predicted molar refractivity (Wildman–Crippen MR) is 87.6 cm³/mol. The molecule has 3 N–H and O–H groups in total. The second-order valence-electron chi connectivity index (χ2n) is 6.38. The summed E-state index contributed by atoms with van der Waals surface area (Å²) in [4.78, 5) is 11.8. The van der Waals surface area contributed by atoms with E-state index in [0.29, 0.717) is 38.5 Å². The molecule has 0 bridgehead atoms. The van der Waals surface area contributed by atoms with Crippen molar-refractivity contribution < 1.29 is 23.1 Å². The number of hydrogen-bond donors (Lipinski definition) is 3. The third-order valence-corrected chi connectivity index (χ3v) is 4.82. The van der Waals surface area contributed by atoms with E-state index in [1.807, 2.05) is 13.8 Å². The zero-order chi connectivity index (χ0) is 17.5. The largest absolute Gasteiger partial charge is 0.389 e. The number of ether oxygens (including phenoxy) is 1. The molecule has 0 spiro atoms. The van der Waals surface area contributed by atoms with E-state index in [0.717, 1.165) is 0 Å². The van der Waals surface area contributed by atoms with Gasteiger partial charge in [-0.25, -0.2) is 17.5 Å². The minimum Gasteiger partial charge on any atom is -0.389 e. The van der Waals surface area contributed by atoms with E-state index >= 15 is 0 Å². The number of piperidine rings is 1. The predicted octanol–water partition coefficient (Wildman–Crippen LogP) is -0.257. The monoisotopic (exact) mass is 351 g/mol. The SMILES string of the molecule is CC(C)COC[C@H](O)CNC(=O)NC1CCN(S(C)(=O)=O)CC1. The molecular formula is C14H29N3O5S. The summed E-state index contributed by atoms with van der Waals surface area (Å²) in [6.45, 7) is 5.74. The van der Waals surface area contributed by atoms with Crippen LogP contribution in [0, 0.1) is 5.92 Å². The summed E-state index contributed by atoms with van der Waals surface area (Å²) in [5.74, 6) is 0.399. The molecule has 136 valence electrons. The van der Waals surface area contributed by atoms with Gasteiger partial charge < -0.3 is 20.5 Å². The summed E-state index contributed by atoms with van der Waals surface area (Å²) in [7, 11) is -3.16. The molecule has 8 nitrogen and oxygen atoms in total. The van der Waals surface area contributed by atoms with Gasteiger partial charge >= 0.3 is 6.03 Å². The molecule has 0 saturated carbocycles. The van der Waals surface area contributed by atoms with Crippen molar-refractivity contribution in [1.29, 1.82) is 0 Å². The van der Waals surface area contributed by atoms with Gasteiger partial charge in [0.1, 0.15) is 0 Å². The number of aliphatic hydroxyl groups is 1. The van der Waals surface area contributed by atoms with Gasteiger partial charge in [0.2, 0.25) is 10.0 Å². The van der Waals surface area contributed by atoms with Crippen LogP contribution >= 0.6 is 0 Å². The normalized spacial score (nSPS) is 18.8. The molecule has 1 fully saturated rings. The smallest absolute Gasteiger partial charge is 0.315 e. The van der Waals surface area contributed by atoms with Gasteiger partial charge in [-0.05, 0) is 18.8 Å². The number of carbonyl (C=O) groups is 1. The molecule has 1 rings (SSSR count). The van der Waals surface area contributed by atoms with Crippen molar-refractivity contribution in [3.05, 3.63) is 0 Å². The molecule has 1 aliphatic heterocycles. The molecule has 1 aliphatic rings. The molecule has 23 heavy (non-hydrogen) atoms. The molecule has 1 atom stereocenters. The lowest BCUT2D eigenvalue weighted by atomic mass is 10.1. The number of nitrogens with zero attached hydrogens (tertiary/aromatic N) is 1. The van der Waals surface area contributed by atoms with E-state index in [4.69, 9.17) is 4.74 Å². The van der Waals surface area contributed by atoms with E-state index in [-0.39, 0.29) is 25.2 Å². The maximum Gasteiger partial charge on any atom is 0.315 e. The van der Waals surface area contributed by atoms with E-state index < -0.39 is 16.1 Å². The molecular weight excluding hydrogens is 322 g/mol. The summed E-state index contributed by atoms with van der Waals surface area (Å²) in [6, 6.07) is -0.409. The number of carbonyl (C=O) groups excluding carboxylic acids is 1. The number of urea groups is 1. The Labute approximate surface area is 138 Å². The Morgan fingerprint density at radius 2 is 1.91 bits per heavy atom. The second-order valence-corrected chi connectivity index (χ2v) is 8.36. The van der Waals surface area contributed by atoms with E-state index in [2.05, 4.69) is 10.6 Å². The first-order valence-electron chi connectivity index (χ1n) is 7.93. The summed E-state index contributed by atoms with van der Waals surface area (Å²) >= 11 is 0. The quantitative estimate of drug-likeness (QED) is 0.558. The third kappa shape index (κ3) is 8.50. The van der Waals surface area contributed by atoms with Crippen LogP contribution in [0.5, 0.6) is 0 Å². The molecule has 0 radical (unpaired) electrons. The van der Waals surface area contributed by atoms with Crippen LogP contribution < -0.4 is 10.6 Å². The van der Waals surface area contributed by atoms with Crippen molar-refractivity contribution in [1.82, 2.24) is 14.9 Å². The fourth-order valence-electron chi connectivity index (χ4n) is 2.28. The standard InChI is InChI=1S/C14H29N3O5S/c1-11(2)9-22-10-13(18)8-15-14(19)16-12-4-6-17(7-5-12)23(3,20)21/h11-13,18H,4-10H2,1-3H3,(H2,15,16,19)/t13-/m1/s1. The van der Waals surface area contributed by atoms with Crippen molar-refractivity contribution in [2.45, 2.75) is 38.8 Å². The van der Waals surface area contributed by atoms with Crippen molar-refractivity contribution in [2.75, 3.05) is 39.1 Å². The molecule has 1 saturated heterocycles. The summed E-state index contributed by atoms with van der Waals surface area (Å²) in [5, 5.41) is 15.1. The Morgan fingerprint density at radius 3 is 2.43 bits per heavy atom. The maximum absolute atomic E-state index is 11.8. The molecule has 0 aliphatic carbocycles. The topological polar surface area (TPSA) is 108 Å². The fraction of sp³-hybridized carbons (Fsp3) is 0.929.